The number of hydrogen-bond acceptors (Lipinski definition) is 4. The average Bonchev–Trinajstić information content (AvgIpc) is 3.11. The Kier molecular flexibility index (Phi) is 2.77. The summed E-state index contributed by atoms with van der Waals surface area (Å²) in [5.41, 5.74) is 4.26. The van der Waals surface area contributed by atoms with Crippen LogP contribution in [0.5, 0.6) is 0 Å². The van der Waals surface area contributed by atoms with Crippen molar-refractivity contribution < 1.29 is 0 Å². The lowest BCUT2D eigenvalue weighted by atomic mass is 10.1. The molecule has 0 amide bonds. The molecule has 5 heteroatoms. The van der Waals surface area contributed by atoms with Gasteiger partial charge in [-0.3, -0.25) is 4.90 Å². The number of hydrogen-bond donors (Lipinski definition) is 1. The van der Waals surface area contributed by atoms with Crippen molar-refractivity contribution in [1.29, 1.82) is 0 Å². The number of fused-ring (bicyclic) bond motifs is 2. The van der Waals surface area contributed by atoms with Crippen LogP contribution in [-0.4, -0.2) is 32.8 Å². The van der Waals surface area contributed by atoms with E-state index in [1.165, 1.54) is 35.5 Å². The fourth-order valence-electron chi connectivity index (χ4n) is 3.79. The summed E-state index contributed by atoms with van der Waals surface area (Å²) in [6, 6.07) is 6.69. The number of rotatable bonds is 3. The van der Waals surface area contributed by atoms with Crippen LogP contribution >= 0.6 is 0 Å². The van der Waals surface area contributed by atoms with E-state index >= 15 is 0 Å². The van der Waals surface area contributed by atoms with Crippen LogP contribution in [0.1, 0.15) is 41.5 Å². The summed E-state index contributed by atoms with van der Waals surface area (Å²) < 4.78 is 2.36. The molecular formula is C17H21N5. The van der Waals surface area contributed by atoms with Crippen LogP contribution in [0.3, 0.4) is 0 Å². The number of para-hydroxylation sites is 1. The Morgan fingerprint density at radius 3 is 3.05 bits per heavy atom. The predicted molar refractivity (Wildman–Crippen MR) is 84.7 cm³/mol. The summed E-state index contributed by atoms with van der Waals surface area (Å²) in [6.45, 7) is 5.13. The number of nitrogens with one attached hydrogen (secondary N) is 1. The molecule has 0 bridgehead atoms. The topological polar surface area (TPSA) is 46.0 Å². The van der Waals surface area contributed by atoms with Gasteiger partial charge in [-0.15, -0.1) is 10.2 Å². The van der Waals surface area contributed by atoms with Crippen LogP contribution in [0.25, 0.3) is 0 Å². The van der Waals surface area contributed by atoms with Gasteiger partial charge in [-0.1, -0.05) is 18.2 Å². The normalized spacial score (nSPS) is 20.5. The van der Waals surface area contributed by atoms with Crippen LogP contribution in [-0.2, 0) is 26.1 Å². The molecule has 5 nitrogen and oxygen atoms in total. The van der Waals surface area contributed by atoms with Gasteiger partial charge in [-0.05, 0) is 30.4 Å². The van der Waals surface area contributed by atoms with Gasteiger partial charge in [-0.25, -0.2) is 0 Å². The minimum Gasteiger partial charge on any atom is -0.384 e. The number of anilines is 1. The maximum Gasteiger partial charge on any atom is 0.147 e. The predicted octanol–water partition coefficient (Wildman–Crippen LogP) is 2.14. The van der Waals surface area contributed by atoms with Crippen LogP contribution < -0.4 is 5.32 Å². The molecular weight excluding hydrogens is 274 g/mol. The highest BCUT2D eigenvalue weighted by molar-refractivity contribution is 5.61. The molecule has 3 heterocycles. The molecule has 3 aliphatic rings. The molecule has 22 heavy (non-hydrogen) atoms. The molecule has 0 radical (unpaired) electrons. The first-order valence-corrected chi connectivity index (χ1v) is 8.37. The van der Waals surface area contributed by atoms with Crippen molar-refractivity contribution in [3.05, 3.63) is 41.0 Å². The number of aromatic nitrogens is 3. The first-order valence-electron chi connectivity index (χ1n) is 8.37. The monoisotopic (exact) mass is 295 g/mol. The van der Waals surface area contributed by atoms with Crippen LogP contribution in [0.2, 0.25) is 0 Å². The Morgan fingerprint density at radius 2 is 2.14 bits per heavy atom. The lowest BCUT2D eigenvalue weighted by Gasteiger charge is -2.28. The van der Waals surface area contributed by atoms with Gasteiger partial charge in [0.2, 0.25) is 0 Å². The van der Waals surface area contributed by atoms with Crippen molar-refractivity contribution in [3.8, 4) is 0 Å². The van der Waals surface area contributed by atoms with Gasteiger partial charge in [0.25, 0.3) is 0 Å². The first kappa shape index (κ1) is 12.6. The van der Waals surface area contributed by atoms with Crippen LogP contribution in [0.15, 0.2) is 18.2 Å². The van der Waals surface area contributed by atoms with E-state index in [2.05, 4.69) is 43.2 Å². The van der Waals surface area contributed by atoms with E-state index in [4.69, 9.17) is 0 Å². The Bertz CT molecular complexity index is 716. The largest absolute Gasteiger partial charge is 0.384 e. The summed E-state index contributed by atoms with van der Waals surface area (Å²) >= 11 is 0. The zero-order chi connectivity index (χ0) is 14.5. The highest BCUT2D eigenvalue weighted by Gasteiger charge is 2.32. The third-order valence-corrected chi connectivity index (χ3v) is 5.13. The van der Waals surface area contributed by atoms with Crippen molar-refractivity contribution >= 4 is 5.69 Å². The van der Waals surface area contributed by atoms with Gasteiger partial charge in [-0.2, -0.15) is 0 Å². The molecule has 0 unspecified atom stereocenters. The molecule has 2 aromatic rings. The van der Waals surface area contributed by atoms with E-state index in [-0.39, 0.29) is 0 Å². The fourth-order valence-corrected chi connectivity index (χ4v) is 3.79. The van der Waals surface area contributed by atoms with Gasteiger partial charge < -0.3 is 9.88 Å². The minimum absolute atomic E-state index is 0.689. The van der Waals surface area contributed by atoms with E-state index in [0.717, 1.165) is 45.0 Å². The maximum atomic E-state index is 4.44. The second kappa shape index (κ2) is 4.81. The number of nitrogens with zero attached hydrogens (tertiary/aromatic N) is 4. The second-order valence-electron chi connectivity index (χ2n) is 6.74. The Labute approximate surface area is 130 Å². The highest BCUT2D eigenvalue weighted by atomic mass is 15.3. The smallest absolute Gasteiger partial charge is 0.147 e. The number of benzene rings is 1. The first-order chi connectivity index (χ1) is 10.9. The average molecular weight is 295 g/mol. The molecule has 1 aromatic carbocycles. The van der Waals surface area contributed by atoms with Gasteiger partial charge in [0, 0.05) is 37.8 Å². The Morgan fingerprint density at radius 1 is 1.18 bits per heavy atom. The Balaban J connectivity index is 1.36. The van der Waals surface area contributed by atoms with Crippen molar-refractivity contribution in [2.24, 2.45) is 0 Å². The van der Waals surface area contributed by atoms with E-state index in [1.807, 2.05) is 0 Å². The lowest BCUT2D eigenvalue weighted by molar-refractivity contribution is 0.207. The van der Waals surface area contributed by atoms with Crippen molar-refractivity contribution in [2.75, 3.05) is 18.4 Å². The summed E-state index contributed by atoms with van der Waals surface area (Å²) in [6.07, 6.45) is 3.75. The van der Waals surface area contributed by atoms with Gasteiger partial charge >= 0.3 is 0 Å². The molecule has 1 aromatic heterocycles. The molecule has 1 N–H and O–H groups in total. The molecule has 2 aliphatic heterocycles. The van der Waals surface area contributed by atoms with Crippen molar-refractivity contribution in [1.82, 2.24) is 19.7 Å². The van der Waals surface area contributed by atoms with Gasteiger partial charge in [0.15, 0.2) is 0 Å². The van der Waals surface area contributed by atoms with E-state index in [1.54, 1.807) is 0 Å². The molecule has 0 saturated heterocycles. The standard InChI is InChI=1S/C17H21N5/c1-2-12-6-7-18-16(12)14(3-1)10-21-8-9-22-15(11-21)19-20-17(22)13-4-5-13/h1-3,13,18H,4-11H2. The zero-order valence-corrected chi connectivity index (χ0v) is 12.8. The summed E-state index contributed by atoms with van der Waals surface area (Å²) in [5.74, 6) is 3.07. The molecule has 1 aliphatic carbocycles. The highest BCUT2D eigenvalue weighted by Crippen LogP contribution is 2.39. The van der Waals surface area contributed by atoms with Crippen molar-refractivity contribution in [2.45, 2.75) is 44.8 Å². The Hall–Kier alpha value is -1.88. The van der Waals surface area contributed by atoms with E-state index in [9.17, 15) is 0 Å². The zero-order valence-electron chi connectivity index (χ0n) is 12.8. The summed E-state index contributed by atoms with van der Waals surface area (Å²) in [5, 5.41) is 12.4. The molecule has 1 saturated carbocycles. The molecule has 5 rings (SSSR count). The fraction of sp³-hybridized carbons (Fsp3) is 0.529. The maximum absolute atomic E-state index is 4.44. The van der Waals surface area contributed by atoms with Crippen LogP contribution in [0.4, 0.5) is 5.69 Å². The molecule has 0 atom stereocenters. The lowest BCUT2D eigenvalue weighted by Crippen LogP contribution is -2.34. The van der Waals surface area contributed by atoms with Gasteiger partial charge in [0.1, 0.15) is 11.6 Å². The van der Waals surface area contributed by atoms with Crippen molar-refractivity contribution in [3.63, 3.8) is 0 Å². The SMILES string of the molecule is c1cc2c(c(CN3CCn4c(nnc4C4CC4)C3)c1)NCC2. The quantitative estimate of drug-likeness (QED) is 0.942. The second-order valence-corrected chi connectivity index (χ2v) is 6.74. The third-order valence-electron chi connectivity index (χ3n) is 5.13. The summed E-state index contributed by atoms with van der Waals surface area (Å²) in [7, 11) is 0. The molecule has 1 fully saturated rings. The molecule has 0 spiro atoms. The summed E-state index contributed by atoms with van der Waals surface area (Å²) in [4.78, 5) is 2.50. The van der Waals surface area contributed by atoms with E-state index < -0.39 is 0 Å². The molecule has 114 valence electrons. The van der Waals surface area contributed by atoms with Gasteiger partial charge in [0.05, 0.1) is 6.54 Å². The van der Waals surface area contributed by atoms with Crippen LogP contribution in [0, 0.1) is 0 Å². The van der Waals surface area contributed by atoms with E-state index in [0.29, 0.717) is 5.92 Å². The minimum atomic E-state index is 0.689. The third kappa shape index (κ3) is 2.03.